The number of nitrogens with two attached hydrogens (primary N) is 1. The minimum absolute atomic E-state index is 0.223. The van der Waals surface area contributed by atoms with E-state index < -0.39 is 0 Å². The zero-order valence-electron chi connectivity index (χ0n) is 10.2. The lowest BCUT2D eigenvalue weighted by molar-refractivity contribution is -0.105. The summed E-state index contributed by atoms with van der Waals surface area (Å²) < 4.78 is 0. The second kappa shape index (κ2) is 5.46. The Hall–Kier alpha value is -2.14. The van der Waals surface area contributed by atoms with E-state index in [1.807, 2.05) is 37.3 Å². The summed E-state index contributed by atoms with van der Waals surface area (Å²) >= 11 is 0. The van der Waals surface area contributed by atoms with Gasteiger partial charge in [-0.25, -0.2) is 4.99 Å². The molecule has 0 saturated heterocycles. The molecule has 0 fully saturated rings. The van der Waals surface area contributed by atoms with Crippen molar-refractivity contribution in [2.45, 2.75) is 19.4 Å². The van der Waals surface area contributed by atoms with Gasteiger partial charge in [0.2, 0.25) is 0 Å². The Bertz CT molecular complexity index is 493. The molecule has 0 saturated carbocycles. The van der Waals surface area contributed by atoms with Crippen LogP contribution in [0.2, 0.25) is 0 Å². The Morgan fingerprint density at radius 3 is 2.67 bits per heavy atom. The molecule has 2 rings (SSSR count). The molecule has 0 aromatic heterocycles. The number of aliphatic imine (C=N–C) groups is 1. The third-order valence-corrected chi connectivity index (χ3v) is 2.79. The lowest BCUT2D eigenvalue weighted by Gasteiger charge is -2.24. The topological polar surface area (TPSA) is 79.5 Å². The highest BCUT2D eigenvalue weighted by Gasteiger charge is 2.18. The first-order valence-electron chi connectivity index (χ1n) is 5.87. The van der Waals surface area contributed by atoms with Crippen molar-refractivity contribution in [3.8, 4) is 0 Å². The van der Waals surface area contributed by atoms with Gasteiger partial charge in [0.25, 0.3) is 0 Å². The standard InChI is InChI=1S/C13H16N4O/c1-2-10(14)12-11(8-18)15-13(17-16-12)9-6-4-3-5-7-9/h3-8,10,16H,2,14H2,1H3,(H,15,17). The molecule has 1 aromatic rings. The van der Waals surface area contributed by atoms with Crippen molar-refractivity contribution in [3.63, 3.8) is 0 Å². The molecule has 5 heteroatoms. The molecule has 94 valence electrons. The fraction of sp³-hybridized carbons (Fsp3) is 0.231. The molecule has 1 heterocycles. The van der Waals surface area contributed by atoms with Crippen molar-refractivity contribution in [1.29, 1.82) is 0 Å². The molecule has 1 aromatic carbocycles. The van der Waals surface area contributed by atoms with Gasteiger partial charge in [0, 0.05) is 11.6 Å². The van der Waals surface area contributed by atoms with Crippen molar-refractivity contribution in [2.75, 3.05) is 0 Å². The van der Waals surface area contributed by atoms with Crippen LogP contribution in [0.3, 0.4) is 0 Å². The van der Waals surface area contributed by atoms with Crippen LogP contribution in [-0.4, -0.2) is 18.2 Å². The molecule has 4 N–H and O–H groups in total. The van der Waals surface area contributed by atoms with Crippen LogP contribution in [0.1, 0.15) is 18.9 Å². The third-order valence-electron chi connectivity index (χ3n) is 2.79. The summed E-state index contributed by atoms with van der Waals surface area (Å²) in [5.74, 6) is 0.616. The smallest absolute Gasteiger partial charge is 0.170 e. The highest BCUT2D eigenvalue weighted by Crippen LogP contribution is 2.12. The molecule has 0 radical (unpaired) electrons. The van der Waals surface area contributed by atoms with Gasteiger partial charge in [0.15, 0.2) is 12.1 Å². The van der Waals surface area contributed by atoms with Gasteiger partial charge in [-0.05, 0) is 6.42 Å². The van der Waals surface area contributed by atoms with Crippen LogP contribution in [0.4, 0.5) is 0 Å². The number of carbonyl (C=O) groups excluding carboxylic acids is 1. The predicted octanol–water partition coefficient (Wildman–Crippen LogP) is 0.689. The maximum atomic E-state index is 11.1. The number of hydrazine groups is 1. The molecule has 1 unspecified atom stereocenters. The normalized spacial score (nSPS) is 16.4. The molecular formula is C13H16N4O. The maximum Gasteiger partial charge on any atom is 0.170 e. The van der Waals surface area contributed by atoms with Crippen molar-refractivity contribution < 1.29 is 4.79 Å². The van der Waals surface area contributed by atoms with E-state index in [-0.39, 0.29) is 6.04 Å². The molecule has 0 spiro atoms. The monoisotopic (exact) mass is 244 g/mol. The van der Waals surface area contributed by atoms with Gasteiger partial charge in [-0.3, -0.25) is 15.6 Å². The Morgan fingerprint density at radius 2 is 2.06 bits per heavy atom. The first kappa shape index (κ1) is 12.3. The van der Waals surface area contributed by atoms with Crippen LogP contribution >= 0.6 is 0 Å². The van der Waals surface area contributed by atoms with Gasteiger partial charge in [-0.15, -0.1) is 0 Å². The quantitative estimate of drug-likeness (QED) is 0.681. The maximum absolute atomic E-state index is 11.1. The molecule has 0 aliphatic carbocycles. The fourth-order valence-corrected chi connectivity index (χ4v) is 1.71. The van der Waals surface area contributed by atoms with Crippen molar-refractivity contribution >= 4 is 12.1 Å². The van der Waals surface area contributed by atoms with E-state index in [4.69, 9.17) is 5.73 Å². The summed E-state index contributed by atoms with van der Waals surface area (Å²) in [5, 5.41) is 0. The highest BCUT2D eigenvalue weighted by atomic mass is 16.1. The number of nitrogens with zero attached hydrogens (tertiary/aromatic N) is 1. The van der Waals surface area contributed by atoms with Gasteiger partial charge < -0.3 is 5.73 Å². The number of nitrogens with one attached hydrogen (secondary N) is 2. The average Bonchev–Trinajstić information content (AvgIpc) is 2.46. The largest absolute Gasteiger partial charge is 0.323 e. The van der Waals surface area contributed by atoms with Crippen LogP contribution in [-0.2, 0) is 4.79 Å². The van der Waals surface area contributed by atoms with E-state index in [2.05, 4.69) is 15.8 Å². The summed E-state index contributed by atoms with van der Waals surface area (Å²) in [4.78, 5) is 15.4. The first-order chi connectivity index (χ1) is 8.76. The van der Waals surface area contributed by atoms with Crippen LogP contribution in [0.15, 0.2) is 46.7 Å². The lowest BCUT2D eigenvalue weighted by atomic mass is 10.1. The fourth-order valence-electron chi connectivity index (χ4n) is 1.71. The predicted molar refractivity (Wildman–Crippen MR) is 70.6 cm³/mol. The van der Waals surface area contributed by atoms with E-state index in [0.717, 1.165) is 18.3 Å². The third kappa shape index (κ3) is 2.41. The van der Waals surface area contributed by atoms with Gasteiger partial charge in [-0.1, -0.05) is 37.3 Å². The Labute approximate surface area is 106 Å². The summed E-state index contributed by atoms with van der Waals surface area (Å²) in [6.07, 6.45) is 1.46. The van der Waals surface area contributed by atoms with E-state index in [0.29, 0.717) is 17.2 Å². The van der Waals surface area contributed by atoms with Crippen LogP contribution in [0.25, 0.3) is 0 Å². The van der Waals surface area contributed by atoms with Crippen molar-refractivity contribution in [2.24, 2.45) is 10.7 Å². The second-order valence-electron chi connectivity index (χ2n) is 4.01. The SMILES string of the molecule is CCC(N)C1=C(C=O)N=C(c2ccccc2)NN1. The molecule has 1 aliphatic heterocycles. The molecule has 1 aliphatic rings. The Kier molecular flexibility index (Phi) is 3.74. The number of allylic oxidation sites excluding steroid dienone is 1. The average molecular weight is 244 g/mol. The summed E-state index contributed by atoms with van der Waals surface area (Å²) in [5.41, 5.74) is 13.7. The number of hydrogen-bond acceptors (Lipinski definition) is 5. The minimum Gasteiger partial charge on any atom is -0.323 e. The number of hydrogen-bond donors (Lipinski definition) is 3. The summed E-state index contributed by atoms with van der Waals surface area (Å²) in [6.45, 7) is 1.96. The minimum atomic E-state index is -0.223. The Balaban J connectivity index is 2.35. The molecule has 5 nitrogen and oxygen atoms in total. The molecule has 0 bridgehead atoms. The van der Waals surface area contributed by atoms with E-state index in [1.54, 1.807) is 0 Å². The molecule has 0 amide bonds. The van der Waals surface area contributed by atoms with E-state index in [1.165, 1.54) is 0 Å². The van der Waals surface area contributed by atoms with Gasteiger partial charge in [0.05, 0.1) is 5.70 Å². The van der Waals surface area contributed by atoms with Crippen LogP contribution < -0.4 is 16.6 Å². The molecule has 1 atom stereocenters. The molecular weight excluding hydrogens is 228 g/mol. The first-order valence-corrected chi connectivity index (χ1v) is 5.87. The van der Waals surface area contributed by atoms with Crippen molar-refractivity contribution in [3.05, 3.63) is 47.3 Å². The number of carbonyl (C=O) groups is 1. The zero-order valence-corrected chi connectivity index (χ0v) is 10.2. The van der Waals surface area contributed by atoms with Gasteiger partial charge >= 0.3 is 0 Å². The van der Waals surface area contributed by atoms with Gasteiger partial charge in [0.1, 0.15) is 5.70 Å². The number of benzene rings is 1. The zero-order chi connectivity index (χ0) is 13.0. The number of rotatable bonds is 4. The van der Waals surface area contributed by atoms with Crippen LogP contribution in [0.5, 0.6) is 0 Å². The van der Waals surface area contributed by atoms with Crippen LogP contribution in [0, 0.1) is 0 Å². The van der Waals surface area contributed by atoms with Gasteiger partial charge in [-0.2, -0.15) is 0 Å². The Morgan fingerprint density at radius 1 is 1.33 bits per heavy atom. The lowest BCUT2D eigenvalue weighted by Crippen LogP contribution is -2.46. The van der Waals surface area contributed by atoms with E-state index in [9.17, 15) is 4.79 Å². The number of aldehydes is 1. The summed E-state index contributed by atoms with van der Waals surface area (Å²) in [6, 6.07) is 9.36. The molecule has 18 heavy (non-hydrogen) atoms. The highest BCUT2D eigenvalue weighted by molar-refractivity contribution is 6.01. The van der Waals surface area contributed by atoms with E-state index >= 15 is 0 Å². The summed E-state index contributed by atoms with van der Waals surface area (Å²) in [7, 11) is 0. The number of amidine groups is 1. The second-order valence-corrected chi connectivity index (χ2v) is 4.01. The van der Waals surface area contributed by atoms with Crippen molar-refractivity contribution in [1.82, 2.24) is 10.9 Å².